The molecule has 0 bridgehead atoms. The predicted octanol–water partition coefficient (Wildman–Crippen LogP) is 3.98. The van der Waals surface area contributed by atoms with Crippen LogP contribution in [-0.4, -0.2) is 11.6 Å². The van der Waals surface area contributed by atoms with Crippen molar-refractivity contribution in [3.8, 4) is 0 Å². The van der Waals surface area contributed by atoms with E-state index in [0.29, 0.717) is 5.03 Å². The number of benzene rings is 1. The van der Waals surface area contributed by atoms with E-state index in [9.17, 15) is 9.59 Å². The van der Waals surface area contributed by atoms with Gasteiger partial charge in [0, 0.05) is 8.60 Å². The zero-order chi connectivity index (χ0) is 13.7. The maximum absolute atomic E-state index is 11.2. The van der Waals surface area contributed by atoms with Gasteiger partial charge in [-0.2, -0.15) is 0 Å². The molecule has 0 radical (unpaired) electrons. The molecule has 0 spiro atoms. The molecular weight excluding hydrogens is 363 g/mol. The molecule has 0 saturated heterocycles. The van der Waals surface area contributed by atoms with Crippen LogP contribution in [0.15, 0.2) is 42.0 Å². The summed E-state index contributed by atoms with van der Waals surface area (Å²) in [4.78, 5) is 22.4. The predicted molar refractivity (Wildman–Crippen MR) is 82.4 cm³/mol. The first-order valence-corrected chi connectivity index (χ1v) is 6.72. The summed E-state index contributed by atoms with van der Waals surface area (Å²) in [6, 6.07) is 7.64. The molecule has 0 amide bonds. The Kier molecular flexibility index (Phi) is 5.75. The van der Waals surface area contributed by atoms with Gasteiger partial charge in [0.2, 0.25) is 0 Å². The zero-order valence-corrected chi connectivity index (χ0v) is 12.9. The number of halogens is 2. The average Bonchev–Trinajstić information content (AvgIpc) is 2.28. The Morgan fingerprint density at radius 3 is 2.00 bits per heavy atom. The largest absolute Gasteiger partial charge is 0.294 e. The third-order valence-electron chi connectivity index (χ3n) is 2.27. The van der Waals surface area contributed by atoms with E-state index in [1.54, 1.807) is 6.08 Å². The molecule has 0 aliphatic rings. The Morgan fingerprint density at radius 2 is 1.56 bits per heavy atom. The van der Waals surface area contributed by atoms with Gasteiger partial charge in [0.25, 0.3) is 0 Å². The molecule has 0 fully saturated rings. The first-order valence-electron chi connectivity index (χ1n) is 5.27. The number of allylic oxidation sites excluding steroid dienone is 3. The van der Waals surface area contributed by atoms with Crippen LogP contribution in [0, 0.1) is 3.57 Å². The molecular formula is C14H12ClIO2. The van der Waals surface area contributed by atoms with Crippen LogP contribution in [0.25, 0.3) is 5.03 Å². The van der Waals surface area contributed by atoms with E-state index < -0.39 is 0 Å². The second-order valence-electron chi connectivity index (χ2n) is 3.71. The standard InChI is InChI=1S/C14H12ClIO2/c1-9(17)13(10(2)18)7-8-14(15)11-3-5-12(16)6-4-11/h3-8H,1-2H3. The first-order chi connectivity index (χ1) is 8.41. The van der Waals surface area contributed by atoms with Crippen molar-refractivity contribution in [2.75, 3.05) is 0 Å². The fourth-order valence-corrected chi connectivity index (χ4v) is 1.89. The summed E-state index contributed by atoms with van der Waals surface area (Å²) in [5, 5.41) is 0.492. The van der Waals surface area contributed by atoms with Crippen molar-refractivity contribution in [1.82, 2.24) is 0 Å². The second kappa shape index (κ2) is 6.85. The molecule has 2 nitrogen and oxygen atoms in total. The summed E-state index contributed by atoms with van der Waals surface area (Å²) < 4.78 is 1.12. The smallest absolute Gasteiger partial charge is 0.163 e. The van der Waals surface area contributed by atoms with Crippen molar-refractivity contribution >= 4 is 50.8 Å². The van der Waals surface area contributed by atoms with Gasteiger partial charge < -0.3 is 0 Å². The van der Waals surface area contributed by atoms with Crippen molar-refractivity contribution in [3.05, 3.63) is 51.1 Å². The highest BCUT2D eigenvalue weighted by atomic mass is 127. The summed E-state index contributed by atoms with van der Waals surface area (Å²) in [6.07, 6.45) is 3.03. The molecule has 0 aliphatic heterocycles. The van der Waals surface area contributed by atoms with Gasteiger partial charge in [-0.3, -0.25) is 9.59 Å². The number of rotatable bonds is 4. The Morgan fingerprint density at radius 1 is 1.06 bits per heavy atom. The summed E-state index contributed by atoms with van der Waals surface area (Å²) in [6.45, 7) is 2.72. The normalized spacial score (nSPS) is 11.0. The molecule has 0 saturated carbocycles. The topological polar surface area (TPSA) is 34.1 Å². The number of hydrogen-bond acceptors (Lipinski definition) is 2. The highest BCUT2D eigenvalue weighted by Gasteiger charge is 2.08. The quantitative estimate of drug-likeness (QED) is 0.263. The Labute approximate surface area is 125 Å². The fourth-order valence-electron chi connectivity index (χ4n) is 1.34. The SMILES string of the molecule is CC(=O)C(=CC=C(Cl)c1ccc(I)cc1)C(C)=O. The van der Waals surface area contributed by atoms with Crippen molar-refractivity contribution in [2.24, 2.45) is 0 Å². The maximum Gasteiger partial charge on any atom is 0.163 e. The summed E-state index contributed by atoms with van der Waals surface area (Å²) >= 11 is 8.31. The Hall–Kier alpha value is -0.940. The van der Waals surface area contributed by atoms with Gasteiger partial charge in [-0.05, 0) is 66.3 Å². The van der Waals surface area contributed by atoms with Crippen LogP contribution < -0.4 is 0 Å². The van der Waals surface area contributed by atoms with Gasteiger partial charge >= 0.3 is 0 Å². The average molecular weight is 375 g/mol. The number of hydrogen-bond donors (Lipinski definition) is 0. The molecule has 1 aromatic rings. The fraction of sp³-hybridized carbons (Fsp3) is 0.143. The minimum absolute atomic E-state index is 0.152. The van der Waals surface area contributed by atoms with Gasteiger partial charge in [0.1, 0.15) is 0 Å². The zero-order valence-electron chi connectivity index (χ0n) is 10.0. The van der Waals surface area contributed by atoms with Gasteiger partial charge in [-0.1, -0.05) is 23.7 Å². The van der Waals surface area contributed by atoms with Crippen LogP contribution in [0.1, 0.15) is 19.4 Å². The van der Waals surface area contributed by atoms with Crippen LogP contribution in [0.4, 0.5) is 0 Å². The number of ketones is 2. The van der Waals surface area contributed by atoms with Crippen molar-refractivity contribution in [2.45, 2.75) is 13.8 Å². The molecule has 0 aliphatic carbocycles. The van der Waals surface area contributed by atoms with E-state index in [2.05, 4.69) is 22.6 Å². The molecule has 0 unspecified atom stereocenters. The summed E-state index contributed by atoms with van der Waals surface area (Å²) in [5.74, 6) is -0.517. The maximum atomic E-state index is 11.2. The molecule has 1 aromatic carbocycles. The summed E-state index contributed by atoms with van der Waals surface area (Å²) in [5.41, 5.74) is 0.999. The minimum atomic E-state index is -0.258. The van der Waals surface area contributed by atoms with Crippen molar-refractivity contribution < 1.29 is 9.59 Å². The number of carbonyl (C=O) groups is 2. The molecule has 0 heterocycles. The van der Waals surface area contributed by atoms with E-state index in [0.717, 1.165) is 9.13 Å². The lowest BCUT2D eigenvalue weighted by molar-refractivity contribution is -0.119. The van der Waals surface area contributed by atoms with Crippen LogP contribution >= 0.6 is 34.2 Å². The molecule has 18 heavy (non-hydrogen) atoms. The Balaban J connectivity index is 3.02. The monoisotopic (exact) mass is 374 g/mol. The number of Topliss-reactive ketones (excluding diaryl/α,β-unsaturated/α-hetero) is 2. The van der Waals surface area contributed by atoms with E-state index in [4.69, 9.17) is 11.6 Å². The van der Waals surface area contributed by atoms with E-state index >= 15 is 0 Å². The van der Waals surface area contributed by atoms with Crippen LogP contribution in [0.3, 0.4) is 0 Å². The van der Waals surface area contributed by atoms with Crippen molar-refractivity contribution in [3.63, 3.8) is 0 Å². The first kappa shape index (κ1) is 15.1. The van der Waals surface area contributed by atoms with Crippen LogP contribution in [-0.2, 0) is 9.59 Å². The van der Waals surface area contributed by atoms with Gasteiger partial charge in [0.05, 0.1) is 5.57 Å². The van der Waals surface area contributed by atoms with Gasteiger partial charge in [0.15, 0.2) is 11.6 Å². The molecule has 0 atom stereocenters. The van der Waals surface area contributed by atoms with E-state index in [1.165, 1.54) is 19.9 Å². The molecule has 0 N–H and O–H groups in total. The Bertz CT molecular complexity index is 511. The third kappa shape index (κ3) is 4.38. The lowest BCUT2D eigenvalue weighted by atomic mass is 10.1. The molecule has 94 valence electrons. The summed E-state index contributed by atoms with van der Waals surface area (Å²) in [7, 11) is 0. The van der Waals surface area contributed by atoms with Gasteiger partial charge in [-0.15, -0.1) is 0 Å². The lowest BCUT2D eigenvalue weighted by Crippen LogP contribution is -2.05. The highest BCUT2D eigenvalue weighted by molar-refractivity contribution is 14.1. The van der Waals surface area contributed by atoms with E-state index in [-0.39, 0.29) is 17.1 Å². The van der Waals surface area contributed by atoms with Gasteiger partial charge in [-0.25, -0.2) is 0 Å². The third-order valence-corrected chi connectivity index (χ3v) is 3.34. The second-order valence-corrected chi connectivity index (χ2v) is 5.37. The van der Waals surface area contributed by atoms with Crippen molar-refractivity contribution in [1.29, 1.82) is 0 Å². The lowest BCUT2D eigenvalue weighted by Gasteiger charge is -1.99. The highest BCUT2D eigenvalue weighted by Crippen LogP contribution is 2.20. The van der Waals surface area contributed by atoms with Crippen LogP contribution in [0.5, 0.6) is 0 Å². The minimum Gasteiger partial charge on any atom is -0.294 e. The molecule has 1 rings (SSSR count). The van der Waals surface area contributed by atoms with E-state index in [1.807, 2.05) is 24.3 Å². The number of carbonyl (C=O) groups excluding carboxylic acids is 2. The molecule has 0 aromatic heterocycles. The van der Waals surface area contributed by atoms with Crippen LogP contribution in [0.2, 0.25) is 0 Å². The molecule has 4 heteroatoms.